The van der Waals surface area contributed by atoms with Crippen LogP contribution >= 0.6 is 0 Å². The van der Waals surface area contributed by atoms with Crippen LogP contribution in [0.4, 0.5) is 10.2 Å². The van der Waals surface area contributed by atoms with Crippen LogP contribution in [0.3, 0.4) is 0 Å². The maximum atomic E-state index is 14.0. The van der Waals surface area contributed by atoms with Crippen LogP contribution in [0.1, 0.15) is 16.8 Å². The highest BCUT2D eigenvalue weighted by atomic mass is 19.1. The van der Waals surface area contributed by atoms with Crippen molar-refractivity contribution in [1.82, 2.24) is 14.9 Å². The Bertz CT molecular complexity index is 973. The van der Waals surface area contributed by atoms with Crippen molar-refractivity contribution in [1.29, 1.82) is 0 Å². The summed E-state index contributed by atoms with van der Waals surface area (Å²) in [6.45, 7) is 2.82. The van der Waals surface area contributed by atoms with Gasteiger partial charge in [0.15, 0.2) is 0 Å². The van der Waals surface area contributed by atoms with Crippen LogP contribution < -0.4 is 11.1 Å². The second-order valence-electron chi connectivity index (χ2n) is 7.31. The van der Waals surface area contributed by atoms with Gasteiger partial charge in [-0.25, -0.2) is 14.4 Å². The molecule has 1 aliphatic heterocycles. The number of alkyl halides is 1. The summed E-state index contributed by atoms with van der Waals surface area (Å²) < 4.78 is 19.3. The molecule has 1 aromatic carbocycles. The van der Waals surface area contributed by atoms with Crippen LogP contribution in [0.2, 0.25) is 0 Å². The predicted octanol–water partition coefficient (Wildman–Crippen LogP) is 2.06. The molecule has 1 aliphatic carbocycles. The topological polar surface area (TPSA) is 93.4 Å². The maximum absolute atomic E-state index is 14.0. The highest BCUT2D eigenvalue weighted by Crippen LogP contribution is 2.26. The molecule has 1 fully saturated rings. The Hall–Kier alpha value is -2.84. The Labute approximate surface area is 168 Å². The fraction of sp³-hybridized carbons (Fsp3) is 0.381. The van der Waals surface area contributed by atoms with Crippen molar-refractivity contribution < 1.29 is 13.9 Å². The zero-order valence-corrected chi connectivity index (χ0v) is 16.2. The van der Waals surface area contributed by atoms with Crippen molar-refractivity contribution in [2.45, 2.75) is 24.7 Å². The van der Waals surface area contributed by atoms with E-state index in [-0.39, 0.29) is 6.04 Å². The quantitative estimate of drug-likeness (QED) is 0.743. The van der Waals surface area contributed by atoms with Crippen molar-refractivity contribution in [2.24, 2.45) is 5.73 Å². The Morgan fingerprint density at radius 2 is 2.24 bits per heavy atom. The Morgan fingerprint density at radius 3 is 2.93 bits per heavy atom. The number of nitrogens with two attached hydrogens (primary N) is 1. The molecule has 0 saturated carbocycles. The van der Waals surface area contributed by atoms with Crippen LogP contribution in [-0.2, 0) is 4.74 Å². The van der Waals surface area contributed by atoms with Crippen molar-refractivity contribution in [2.75, 3.05) is 32.1 Å². The number of hydrogen-bond donors (Lipinski definition) is 2. The van der Waals surface area contributed by atoms with Crippen molar-refractivity contribution in [3.05, 3.63) is 53.9 Å². The first-order valence-electron chi connectivity index (χ1n) is 9.66. The zero-order chi connectivity index (χ0) is 20.4. The Kier molecular flexibility index (Phi) is 5.55. The molecule has 2 heterocycles. The average molecular weight is 397 g/mol. The van der Waals surface area contributed by atoms with Gasteiger partial charge < -0.3 is 20.7 Å². The lowest BCUT2D eigenvalue weighted by atomic mass is 9.96. The Balaban J connectivity index is 1.69. The summed E-state index contributed by atoms with van der Waals surface area (Å²) in [4.78, 5) is 22.7. The van der Waals surface area contributed by atoms with E-state index >= 15 is 0 Å². The number of nitrogens with zero attached hydrogens (tertiary/aromatic N) is 3. The number of primary amides is 1. The third kappa shape index (κ3) is 3.99. The molecule has 2 aliphatic rings. The van der Waals surface area contributed by atoms with Crippen LogP contribution in [0.25, 0.3) is 10.9 Å². The number of nitrogens with one attached hydrogen (secondary N) is 1. The number of aromatic nitrogens is 2. The summed E-state index contributed by atoms with van der Waals surface area (Å²) in [5.74, 6) is 0.0708. The SMILES string of the molecule is COC1C=C([C@@H](CN2CCC2)Nc2ncnc3c(C(N)=O)cccc23)C=CC1F. The minimum Gasteiger partial charge on any atom is -0.374 e. The molecule has 0 radical (unpaired) electrons. The fourth-order valence-electron chi connectivity index (χ4n) is 3.70. The van der Waals surface area contributed by atoms with Gasteiger partial charge in [0.2, 0.25) is 0 Å². The normalized spacial score (nSPS) is 22.8. The van der Waals surface area contributed by atoms with E-state index in [1.807, 2.05) is 12.1 Å². The van der Waals surface area contributed by atoms with Gasteiger partial charge in [-0.1, -0.05) is 12.1 Å². The lowest BCUT2D eigenvalue weighted by molar-refractivity contribution is 0.0844. The molecule has 152 valence electrons. The molecule has 2 aromatic rings. The minimum atomic E-state index is -1.16. The number of ether oxygens (including phenoxy) is 1. The largest absolute Gasteiger partial charge is 0.374 e. The molecule has 3 atom stereocenters. The van der Waals surface area contributed by atoms with E-state index in [9.17, 15) is 9.18 Å². The van der Waals surface area contributed by atoms with Crippen LogP contribution in [0, 0.1) is 0 Å². The van der Waals surface area contributed by atoms with Gasteiger partial charge >= 0.3 is 0 Å². The first kappa shape index (κ1) is 19.5. The molecule has 1 saturated heterocycles. The zero-order valence-electron chi connectivity index (χ0n) is 16.2. The molecule has 2 unspecified atom stereocenters. The summed E-state index contributed by atoms with van der Waals surface area (Å²) in [5.41, 5.74) is 7.29. The molecule has 0 spiro atoms. The van der Waals surface area contributed by atoms with Gasteiger partial charge in [-0.05, 0) is 49.4 Å². The van der Waals surface area contributed by atoms with Crippen molar-refractivity contribution in [3.63, 3.8) is 0 Å². The number of hydrogen-bond acceptors (Lipinski definition) is 6. The highest BCUT2D eigenvalue weighted by molar-refractivity contribution is 6.06. The van der Waals surface area contributed by atoms with Gasteiger partial charge in [0.25, 0.3) is 5.91 Å². The number of amides is 1. The molecular weight excluding hydrogens is 373 g/mol. The van der Waals surface area contributed by atoms with E-state index in [2.05, 4.69) is 20.2 Å². The van der Waals surface area contributed by atoms with Gasteiger partial charge in [0.1, 0.15) is 24.4 Å². The lowest BCUT2D eigenvalue weighted by Crippen LogP contribution is -2.45. The number of anilines is 1. The summed E-state index contributed by atoms with van der Waals surface area (Å²) in [6, 6.07) is 5.14. The molecule has 0 bridgehead atoms. The van der Waals surface area contributed by atoms with Crippen LogP contribution in [-0.4, -0.2) is 65.8 Å². The predicted molar refractivity (Wildman–Crippen MR) is 109 cm³/mol. The van der Waals surface area contributed by atoms with E-state index in [0.717, 1.165) is 25.2 Å². The highest BCUT2D eigenvalue weighted by Gasteiger charge is 2.27. The van der Waals surface area contributed by atoms with E-state index in [4.69, 9.17) is 10.5 Å². The van der Waals surface area contributed by atoms with Gasteiger partial charge in [-0.15, -0.1) is 0 Å². The number of fused-ring (bicyclic) bond motifs is 1. The molecular formula is C21H24FN5O2. The van der Waals surface area contributed by atoms with Gasteiger partial charge in [0.05, 0.1) is 17.1 Å². The van der Waals surface area contributed by atoms with Crippen LogP contribution in [0.15, 0.2) is 48.3 Å². The third-order valence-electron chi connectivity index (χ3n) is 5.45. The molecule has 4 rings (SSSR count). The van der Waals surface area contributed by atoms with Gasteiger partial charge in [-0.3, -0.25) is 4.79 Å². The molecule has 1 amide bonds. The van der Waals surface area contributed by atoms with Crippen molar-refractivity contribution in [3.8, 4) is 0 Å². The molecule has 7 nitrogen and oxygen atoms in total. The molecule has 8 heteroatoms. The van der Waals surface area contributed by atoms with E-state index in [1.54, 1.807) is 18.2 Å². The average Bonchev–Trinajstić information content (AvgIpc) is 2.69. The van der Waals surface area contributed by atoms with E-state index in [0.29, 0.717) is 22.3 Å². The molecule has 3 N–H and O–H groups in total. The summed E-state index contributed by atoms with van der Waals surface area (Å²) in [7, 11) is 1.51. The second kappa shape index (κ2) is 8.26. The van der Waals surface area contributed by atoms with Crippen molar-refractivity contribution >= 4 is 22.6 Å². The number of para-hydroxylation sites is 1. The van der Waals surface area contributed by atoms with Gasteiger partial charge in [-0.2, -0.15) is 0 Å². The smallest absolute Gasteiger partial charge is 0.250 e. The summed E-state index contributed by atoms with van der Waals surface area (Å²) >= 11 is 0. The monoisotopic (exact) mass is 397 g/mol. The number of carbonyl (C=O) groups excluding carboxylic acids is 1. The standard InChI is InChI=1S/C21H24FN5O2/c1-29-18-10-13(6-7-16(18)22)17(11-27-8-3-9-27)26-21-15-5-2-4-14(20(23)28)19(15)24-12-25-21/h2,4-7,10,12,16-18H,3,8-9,11H2,1H3,(H2,23,28)(H,24,25,26)/t16?,17-,18?/m1/s1. The Morgan fingerprint density at radius 1 is 1.41 bits per heavy atom. The van der Waals surface area contributed by atoms with Gasteiger partial charge in [0, 0.05) is 19.0 Å². The first-order chi connectivity index (χ1) is 14.1. The number of rotatable bonds is 7. The number of carbonyl (C=O) groups is 1. The summed E-state index contributed by atoms with van der Waals surface area (Å²) in [6.07, 6.45) is 5.96. The fourth-order valence-corrected chi connectivity index (χ4v) is 3.70. The molecule has 1 aromatic heterocycles. The number of methoxy groups -OCH3 is 1. The first-order valence-corrected chi connectivity index (χ1v) is 9.66. The number of benzene rings is 1. The van der Waals surface area contributed by atoms with E-state index < -0.39 is 18.2 Å². The number of halogens is 1. The lowest BCUT2D eigenvalue weighted by Gasteiger charge is -2.36. The van der Waals surface area contributed by atoms with E-state index in [1.165, 1.54) is 25.9 Å². The number of likely N-dealkylation sites (tertiary alicyclic amines) is 1. The minimum absolute atomic E-state index is 0.118. The maximum Gasteiger partial charge on any atom is 0.250 e. The summed E-state index contributed by atoms with van der Waals surface area (Å²) in [5, 5.41) is 4.19. The van der Waals surface area contributed by atoms with Crippen LogP contribution in [0.5, 0.6) is 0 Å². The molecule has 29 heavy (non-hydrogen) atoms. The third-order valence-corrected chi connectivity index (χ3v) is 5.45. The second-order valence-corrected chi connectivity index (χ2v) is 7.31.